The molecule has 2 aliphatic heterocycles. The number of rotatable bonds is 4. The molecule has 0 aliphatic carbocycles. The average Bonchev–Trinajstić information content (AvgIpc) is 3.44. The highest BCUT2D eigenvalue weighted by Crippen LogP contribution is 2.28. The fraction of sp³-hybridized carbons (Fsp3) is 0.632. The third kappa shape index (κ3) is 3.65. The Kier molecular flexibility index (Phi) is 5.15. The quantitative estimate of drug-likeness (QED) is 0.788. The molecule has 0 aromatic carbocycles. The second-order valence-electron chi connectivity index (χ2n) is 7.56. The molecule has 0 saturated carbocycles. The van der Waals surface area contributed by atoms with E-state index in [0.29, 0.717) is 41.9 Å². The largest absolute Gasteiger partial charge is 0.424 e. The second-order valence-corrected chi connectivity index (χ2v) is 7.56. The predicted molar refractivity (Wildman–Crippen MR) is 97.7 cm³/mol. The minimum atomic E-state index is -0.0443. The van der Waals surface area contributed by atoms with E-state index < -0.39 is 0 Å². The summed E-state index contributed by atoms with van der Waals surface area (Å²) >= 11 is 0. The summed E-state index contributed by atoms with van der Waals surface area (Å²) in [4.78, 5) is 28.6. The Hall–Kier alpha value is -2.71. The standard InChI is InChI=1S/C19H25N5O4/c1-12-17(13(2)28-22-12)19(26)24-9-5-14(6-10-24)18-21-20-15(27-18)11-16(25)23-7-3-4-8-23/h14H,3-11H2,1-2H3. The molecular weight excluding hydrogens is 362 g/mol. The fourth-order valence-electron chi connectivity index (χ4n) is 3.99. The van der Waals surface area contributed by atoms with Crippen molar-refractivity contribution in [1.29, 1.82) is 0 Å². The van der Waals surface area contributed by atoms with E-state index in [9.17, 15) is 9.59 Å². The van der Waals surface area contributed by atoms with Crippen molar-refractivity contribution in [3.05, 3.63) is 28.8 Å². The van der Waals surface area contributed by atoms with Crippen LogP contribution in [0.1, 0.15) is 65.2 Å². The number of hydrogen-bond acceptors (Lipinski definition) is 7. The van der Waals surface area contributed by atoms with E-state index in [4.69, 9.17) is 8.94 Å². The highest BCUT2D eigenvalue weighted by Gasteiger charge is 2.30. The molecule has 0 atom stereocenters. The minimum absolute atomic E-state index is 0.0443. The summed E-state index contributed by atoms with van der Waals surface area (Å²) in [5.41, 5.74) is 1.17. The highest BCUT2D eigenvalue weighted by atomic mass is 16.5. The van der Waals surface area contributed by atoms with Crippen molar-refractivity contribution in [3.63, 3.8) is 0 Å². The van der Waals surface area contributed by atoms with Crippen molar-refractivity contribution in [2.45, 2.75) is 51.9 Å². The summed E-state index contributed by atoms with van der Waals surface area (Å²) in [5.74, 6) is 1.60. The second kappa shape index (κ2) is 7.73. The molecule has 150 valence electrons. The first kappa shape index (κ1) is 18.6. The predicted octanol–water partition coefficient (Wildman–Crippen LogP) is 1.86. The number of nitrogens with zero attached hydrogens (tertiary/aromatic N) is 5. The first-order chi connectivity index (χ1) is 13.5. The maximum Gasteiger partial charge on any atom is 0.259 e. The van der Waals surface area contributed by atoms with Crippen LogP contribution in [0.25, 0.3) is 0 Å². The first-order valence-electron chi connectivity index (χ1n) is 9.85. The molecule has 4 heterocycles. The van der Waals surface area contributed by atoms with Gasteiger partial charge >= 0.3 is 0 Å². The van der Waals surface area contributed by atoms with Gasteiger partial charge in [0.25, 0.3) is 5.91 Å². The summed E-state index contributed by atoms with van der Waals surface area (Å²) in [7, 11) is 0. The lowest BCUT2D eigenvalue weighted by atomic mass is 9.96. The van der Waals surface area contributed by atoms with Crippen LogP contribution in [0.3, 0.4) is 0 Å². The van der Waals surface area contributed by atoms with Gasteiger partial charge in [-0.3, -0.25) is 9.59 Å². The Morgan fingerprint density at radius 3 is 2.39 bits per heavy atom. The first-order valence-corrected chi connectivity index (χ1v) is 9.85. The van der Waals surface area contributed by atoms with Crippen LogP contribution >= 0.6 is 0 Å². The van der Waals surface area contributed by atoms with Gasteiger partial charge in [0.15, 0.2) is 0 Å². The van der Waals surface area contributed by atoms with Gasteiger partial charge in [-0.25, -0.2) is 0 Å². The molecule has 2 fully saturated rings. The van der Waals surface area contributed by atoms with Gasteiger partial charge in [-0.1, -0.05) is 5.16 Å². The Morgan fingerprint density at radius 1 is 1.04 bits per heavy atom. The molecule has 0 N–H and O–H groups in total. The van der Waals surface area contributed by atoms with Crippen molar-refractivity contribution in [1.82, 2.24) is 25.2 Å². The molecule has 9 heteroatoms. The molecule has 2 aromatic heterocycles. The molecule has 0 bridgehead atoms. The third-order valence-electron chi connectivity index (χ3n) is 5.62. The molecule has 0 unspecified atom stereocenters. The van der Waals surface area contributed by atoms with Crippen molar-refractivity contribution in [3.8, 4) is 0 Å². The normalized spacial score (nSPS) is 18.1. The molecule has 4 rings (SSSR count). The molecule has 0 spiro atoms. The van der Waals surface area contributed by atoms with Crippen molar-refractivity contribution in [2.24, 2.45) is 0 Å². The molecule has 9 nitrogen and oxygen atoms in total. The monoisotopic (exact) mass is 387 g/mol. The van der Waals surface area contributed by atoms with Crippen LogP contribution < -0.4 is 0 Å². The van der Waals surface area contributed by atoms with Crippen LogP contribution in [0, 0.1) is 13.8 Å². The Labute approximate surface area is 163 Å². The van der Waals surface area contributed by atoms with Gasteiger partial charge in [-0.2, -0.15) is 0 Å². The van der Waals surface area contributed by atoms with Crippen LogP contribution in [0.4, 0.5) is 0 Å². The van der Waals surface area contributed by atoms with Crippen molar-refractivity contribution >= 4 is 11.8 Å². The Bertz CT molecular complexity index is 840. The maximum atomic E-state index is 12.7. The number of hydrogen-bond donors (Lipinski definition) is 0. The number of amides is 2. The molecule has 2 saturated heterocycles. The van der Waals surface area contributed by atoms with E-state index in [1.807, 2.05) is 9.80 Å². The van der Waals surface area contributed by atoms with Gasteiger partial charge in [0.1, 0.15) is 17.7 Å². The Morgan fingerprint density at radius 2 is 1.75 bits per heavy atom. The lowest BCUT2D eigenvalue weighted by Gasteiger charge is -2.30. The van der Waals surface area contributed by atoms with Gasteiger partial charge in [-0.05, 0) is 39.5 Å². The van der Waals surface area contributed by atoms with E-state index in [0.717, 1.165) is 38.8 Å². The van der Waals surface area contributed by atoms with Crippen LogP contribution in [0.5, 0.6) is 0 Å². The van der Waals surface area contributed by atoms with Crippen LogP contribution in [-0.2, 0) is 11.2 Å². The minimum Gasteiger partial charge on any atom is -0.424 e. The van der Waals surface area contributed by atoms with Gasteiger partial charge in [0.05, 0.1) is 5.69 Å². The van der Waals surface area contributed by atoms with E-state index in [1.165, 1.54) is 0 Å². The van der Waals surface area contributed by atoms with Gasteiger partial charge in [-0.15, -0.1) is 10.2 Å². The van der Waals surface area contributed by atoms with Crippen molar-refractivity contribution < 1.29 is 18.5 Å². The molecule has 0 radical (unpaired) electrons. The van der Waals surface area contributed by atoms with E-state index >= 15 is 0 Å². The zero-order valence-electron chi connectivity index (χ0n) is 16.3. The lowest BCUT2D eigenvalue weighted by molar-refractivity contribution is -0.129. The molecule has 28 heavy (non-hydrogen) atoms. The van der Waals surface area contributed by atoms with E-state index in [1.54, 1.807) is 13.8 Å². The summed E-state index contributed by atoms with van der Waals surface area (Å²) < 4.78 is 10.9. The summed E-state index contributed by atoms with van der Waals surface area (Å²) in [5, 5.41) is 12.1. The number of piperidine rings is 1. The van der Waals surface area contributed by atoms with Crippen LogP contribution in [-0.4, -0.2) is 63.1 Å². The molecule has 2 amide bonds. The topological polar surface area (TPSA) is 106 Å². The third-order valence-corrected chi connectivity index (χ3v) is 5.62. The van der Waals surface area contributed by atoms with Crippen LogP contribution in [0.2, 0.25) is 0 Å². The number of carbonyl (C=O) groups is 2. The SMILES string of the molecule is Cc1noc(C)c1C(=O)N1CCC(c2nnc(CC(=O)N3CCCC3)o2)CC1. The average molecular weight is 387 g/mol. The van der Waals surface area contributed by atoms with Crippen LogP contribution in [0.15, 0.2) is 8.94 Å². The van der Waals surface area contributed by atoms with E-state index in [2.05, 4.69) is 15.4 Å². The fourth-order valence-corrected chi connectivity index (χ4v) is 3.99. The summed E-state index contributed by atoms with van der Waals surface area (Å²) in [6.45, 7) is 6.38. The van der Waals surface area contributed by atoms with Gasteiger partial charge in [0, 0.05) is 32.1 Å². The zero-order chi connectivity index (χ0) is 19.7. The summed E-state index contributed by atoms with van der Waals surface area (Å²) in [6.07, 6.45) is 3.78. The summed E-state index contributed by atoms with van der Waals surface area (Å²) in [6, 6.07) is 0. The van der Waals surface area contributed by atoms with Gasteiger partial charge < -0.3 is 18.7 Å². The zero-order valence-corrected chi connectivity index (χ0v) is 16.3. The lowest BCUT2D eigenvalue weighted by Crippen LogP contribution is -2.38. The van der Waals surface area contributed by atoms with Crippen molar-refractivity contribution in [2.75, 3.05) is 26.2 Å². The number of likely N-dealkylation sites (tertiary alicyclic amines) is 2. The maximum absolute atomic E-state index is 12.7. The number of aromatic nitrogens is 3. The number of aryl methyl sites for hydroxylation is 2. The smallest absolute Gasteiger partial charge is 0.259 e. The highest BCUT2D eigenvalue weighted by molar-refractivity contribution is 5.96. The van der Waals surface area contributed by atoms with Gasteiger partial charge in [0.2, 0.25) is 17.7 Å². The molecular formula is C19H25N5O4. The molecule has 2 aliphatic rings. The molecule has 2 aromatic rings. The van der Waals surface area contributed by atoms with E-state index in [-0.39, 0.29) is 24.2 Å². The number of carbonyl (C=O) groups excluding carboxylic acids is 2. The Balaban J connectivity index is 1.33.